The number of aromatic nitrogens is 1. The van der Waals surface area contributed by atoms with Gasteiger partial charge in [0.1, 0.15) is 29.4 Å². The number of carbonyl (C=O) groups excluding carboxylic acids is 7. The highest BCUT2D eigenvalue weighted by Crippen LogP contribution is 2.26. The molecule has 5 heterocycles. The van der Waals surface area contributed by atoms with Crippen LogP contribution in [0.5, 0.6) is 0 Å². The van der Waals surface area contributed by atoms with Gasteiger partial charge in [0.25, 0.3) is 0 Å². The van der Waals surface area contributed by atoms with E-state index in [4.69, 9.17) is 4.98 Å². The Morgan fingerprint density at radius 1 is 0.683 bits per heavy atom. The molecular formula is C55H88N12O13S2. The minimum atomic E-state index is -1.56. The monoisotopic (exact) mass is 1190 g/mol. The number of fused-ring (bicyclic) bond motifs is 2. The van der Waals surface area contributed by atoms with Gasteiger partial charge in [-0.05, 0) is 63.0 Å². The summed E-state index contributed by atoms with van der Waals surface area (Å²) in [5.74, 6) is -5.06. The Balaban J connectivity index is 1.37. The molecule has 458 valence electrons. The van der Waals surface area contributed by atoms with Crippen LogP contribution in [0, 0.1) is 11.8 Å². The second kappa shape index (κ2) is 33.7. The van der Waals surface area contributed by atoms with E-state index in [9.17, 15) is 63.3 Å². The van der Waals surface area contributed by atoms with Crippen LogP contribution < -0.4 is 26.6 Å². The van der Waals surface area contributed by atoms with Crippen LogP contribution in [0.3, 0.4) is 0 Å². The van der Waals surface area contributed by atoms with Crippen LogP contribution in [0.2, 0.25) is 0 Å². The van der Waals surface area contributed by atoms with E-state index in [1.165, 1.54) is 23.5 Å². The van der Waals surface area contributed by atoms with Crippen LogP contribution in [0.4, 0.5) is 0 Å². The number of thioether (sulfide) groups is 2. The first-order valence-corrected chi connectivity index (χ1v) is 31.0. The highest BCUT2D eigenvalue weighted by atomic mass is 32.2. The number of hydrogen-bond acceptors (Lipinski definition) is 18. The fourth-order valence-electron chi connectivity index (χ4n) is 10.5. The van der Waals surface area contributed by atoms with Crippen LogP contribution in [0.15, 0.2) is 18.2 Å². The molecule has 4 aliphatic rings. The Morgan fingerprint density at radius 2 is 1.20 bits per heavy atom. The van der Waals surface area contributed by atoms with E-state index >= 15 is 0 Å². The third kappa shape index (κ3) is 23.0. The number of amides is 6. The number of carbonyl (C=O) groups is 10. The molecule has 1 aromatic rings. The number of carboxylic acids is 3. The maximum atomic E-state index is 15.0. The number of pyridine rings is 1. The predicted octanol–water partition coefficient (Wildman–Crippen LogP) is -0.379. The average molecular weight is 1190 g/mol. The van der Waals surface area contributed by atoms with Gasteiger partial charge in [-0.2, -0.15) is 23.5 Å². The lowest BCUT2D eigenvalue weighted by molar-refractivity contribution is -0.142. The summed E-state index contributed by atoms with van der Waals surface area (Å²) in [6.07, 6.45) is 1.93. The van der Waals surface area contributed by atoms with E-state index in [0.29, 0.717) is 56.2 Å². The molecule has 1 spiro atoms. The van der Waals surface area contributed by atoms with Gasteiger partial charge in [0, 0.05) is 114 Å². The molecular weight excluding hydrogens is 1100 g/mol. The van der Waals surface area contributed by atoms with Gasteiger partial charge in [0.05, 0.1) is 44.1 Å². The molecule has 3 fully saturated rings. The summed E-state index contributed by atoms with van der Waals surface area (Å²) in [5, 5.41) is 44.0. The van der Waals surface area contributed by atoms with Crippen molar-refractivity contribution in [2.45, 2.75) is 121 Å². The molecule has 8 N–H and O–H groups in total. The topological polar surface area (TPSA) is 324 Å². The fraction of sp³-hybridized carbons (Fsp3) is 0.727. The van der Waals surface area contributed by atoms with Gasteiger partial charge in [-0.25, -0.2) is 0 Å². The van der Waals surface area contributed by atoms with Crippen LogP contribution in [-0.4, -0.2) is 261 Å². The van der Waals surface area contributed by atoms with Crippen LogP contribution in [0.1, 0.15) is 91.0 Å². The summed E-state index contributed by atoms with van der Waals surface area (Å²) < 4.78 is 0. The lowest BCUT2D eigenvalue weighted by atomic mass is 9.85. The number of carboxylic acid groups (broad SMARTS) is 3. The largest absolute Gasteiger partial charge is 0.480 e. The lowest BCUT2D eigenvalue weighted by Gasteiger charge is -2.42. The molecule has 0 saturated carbocycles. The number of likely N-dealkylation sites (tertiary alicyclic amines) is 2. The van der Waals surface area contributed by atoms with Gasteiger partial charge >= 0.3 is 17.9 Å². The molecule has 0 aromatic carbocycles. The van der Waals surface area contributed by atoms with E-state index in [0.717, 1.165) is 11.4 Å². The maximum absolute atomic E-state index is 15.0. The molecule has 6 amide bonds. The molecule has 25 nitrogen and oxygen atoms in total. The third-order valence-corrected chi connectivity index (χ3v) is 17.5. The minimum Gasteiger partial charge on any atom is -0.480 e. The van der Waals surface area contributed by atoms with Crippen LogP contribution in [0.25, 0.3) is 0 Å². The first-order valence-electron chi connectivity index (χ1n) is 28.7. The van der Waals surface area contributed by atoms with Gasteiger partial charge in [-0.15, -0.1) is 0 Å². The number of nitrogens with one attached hydrogen (secondary N) is 5. The molecule has 3 saturated heterocycles. The van der Waals surface area contributed by atoms with Crippen molar-refractivity contribution in [3.63, 3.8) is 0 Å². The van der Waals surface area contributed by atoms with Gasteiger partial charge in [0.2, 0.25) is 35.4 Å². The van der Waals surface area contributed by atoms with E-state index < -0.39 is 71.1 Å². The van der Waals surface area contributed by atoms with Crippen molar-refractivity contribution in [1.82, 2.24) is 61.0 Å². The van der Waals surface area contributed by atoms with Crippen molar-refractivity contribution < 1.29 is 63.3 Å². The van der Waals surface area contributed by atoms with Gasteiger partial charge in [-0.3, -0.25) is 77.4 Å². The standard InChI is InChI=1S/C55H88N12O13S2/c1-6-38(4)50-53(79)58-44(52(78)57-40-10-15-62(16-11-40)29-39(5)68)36-82-35-42-9-7-8-41(56-42)34-81-27-12-45(69)61-55(54(80)59-43(28-37(2)3)51(77)60-50)13-17-67(18-14-55)46(70)30-63-19-21-64(31-47(71)72)23-25-66(33-49(75)76)26-24-65(22-20-63)32-48(73)74/h7-9,37-38,40,43-44,50H,6,10-36H2,1-5H3,(H,57,78)(H,58,79)(H,59,80)(H,60,77)(H,61,69)(H,71,72)(H,73,74)(H,75,76)/t38-,43-,44-,50-/m0/s1. The molecule has 5 rings (SSSR count). The molecule has 1 aromatic heterocycles. The number of rotatable bonds is 16. The third-order valence-electron chi connectivity index (χ3n) is 15.4. The minimum absolute atomic E-state index is 0.0152. The number of aliphatic carboxylic acids is 3. The number of ketones is 1. The van der Waals surface area contributed by atoms with E-state index in [1.54, 1.807) is 26.5 Å². The Bertz CT molecular complexity index is 2320. The van der Waals surface area contributed by atoms with E-state index in [-0.39, 0.29) is 153 Å². The highest BCUT2D eigenvalue weighted by Gasteiger charge is 2.45. The summed E-state index contributed by atoms with van der Waals surface area (Å²) >= 11 is 2.93. The van der Waals surface area contributed by atoms with Gasteiger partial charge < -0.3 is 46.8 Å². The first-order chi connectivity index (χ1) is 39.0. The molecule has 0 aliphatic carbocycles. The molecule has 27 heteroatoms. The molecule has 82 heavy (non-hydrogen) atoms. The Morgan fingerprint density at radius 3 is 1.70 bits per heavy atom. The number of nitrogens with zero attached hydrogens (tertiary/aromatic N) is 7. The van der Waals surface area contributed by atoms with Crippen molar-refractivity contribution in [3.05, 3.63) is 29.6 Å². The molecule has 4 atom stereocenters. The predicted molar refractivity (Wildman–Crippen MR) is 310 cm³/mol. The second-order valence-electron chi connectivity index (χ2n) is 22.6. The summed E-state index contributed by atoms with van der Waals surface area (Å²) in [7, 11) is 0. The smallest absolute Gasteiger partial charge is 0.317 e. The zero-order valence-corrected chi connectivity index (χ0v) is 50.0. The molecule has 0 radical (unpaired) electrons. The zero-order valence-electron chi connectivity index (χ0n) is 48.4. The van der Waals surface area contributed by atoms with Gasteiger partial charge in [-0.1, -0.05) is 40.2 Å². The van der Waals surface area contributed by atoms with E-state index in [2.05, 4.69) is 31.5 Å². The van der Waals surface area contributed by atoms with Crippen molar-refractivity contribution in [3.8, 4) is 0 Å². The Kier molecular flexibility index (Phi) is 27.7. The normalized spacial score (nSPS) is 23.5. The number of piperidine rings is 2. The fourth-order valence-corrected chi connectivity index (χ4v) is 12.3. The highest BCUT2D eigenvalue weighted by molar-refractivity contribution is 7.98. The maximum Gasteiger partial charge on any atom is 0.317 e. The molecule has 4 aliphatic heterocycles. The van der Waals surface area contributed by atoms with Crippen molar-refractivity contribution in [2.24, 2.45) is 11.8 Å². The van der Waals surface area contributed by atoms with Crippen molar-refractivity contribution in [2.75, 3.05) is 123 Å². The summed E-state index contributed by atoms with van der Waals surface area (Å²) in [6.45, 7) is 11.4. The number of Topliss-reactive ketones (excluding diaryl/α,β-unsaturated/α-hetero) is 1. The van der Waals surface area contributed by atoms with Crippen molar-refractivity contribution >= 4 is 82.7 Å². The first kappa shape index (κ1) is 67.3. The Hall–Kier alpha value is -5.45. The zero-order chi connectivity index (χ0) is 59.9. The SMILES string of the molecule is CC[C@H](C)[C@@H]1NC(=O)[C@H](CC(C)C)NC(=O)C2(CCN(C(=O)CN3CCN(CC(=O)O)CCN(CC(=O)O)CCN(CC(=O)O)CC3)CC2)NC(=O)CCSCc2cccc(n2)CSC[C@@H](C(=O)NC2CCN(CC(C)=O)CC2)NC1=O. The quantitative estimate of drug-likeness (QED) is 0.105. The summed E-state index contributed by atoms with van der Waals surface area (Å²) in [4.78, 5) is 149. The van der Waals surface area contributed by atoms with Crippen molar-refractivity contribution in [1.29, 1.82) is 0 Å². The Labute approximate surface area is 489 Å². The van der Waals surface area contributed by atoms with Crippen LogP contribution >= 0.6 is 23.5 Å². The molecule has 0 unspecified atom stereocenters. The lowest BCUT2D eigenvalue weighted by Crippen LogP contribution is -2.66. The average Bonchev–Trinajstić information content (AvgIpc) is 3.21. The second-order valence-corrected chi connectivity index (χ2v) is 24.7. The van der Waals surface area contributed by atoms with Crippen LogP contribution in [-0.2, 0) is 59.5 Å². The number of hydrogen-bond donors (Lipinski definition) is 8. The summed E-state index contributed by atoms with van der Waals surface area (Å²) in [5.41, 5.74) is -0.0125. The molecule has 2 bridgehead atoms. The summed E-state index contributed by atoms with van der Waals surface area (Å²) in [6, 6.07) is 2.25. The van der Waals surface area contributed by atoms with Gasteiger partial charge in [0.15, 0.2) is 0 Å². The van der Waals surface area contributed by atoms with E-state index in [1.807, 2.05) is 50.8 Å².